The van der Waals surface area contributed by atoms with E-state index >= 15 is 0 Å². The average Bonchev–Trinajstić information content (AvgIpc) is 3.26. The smallest absolute Gasteiger partial charge is 0.288 e. The monoisotopic (exact) mass is 395 g/mol. The van der Waals surface area contributed by atoms with Crippen LogP contribution in [0.4, 0.5) is 0 Å². The fourth-order valence-electron chi connectivity index (χ4n) is 2.89. The topological polar surface area (TPSA) is 67.7 Å². The minimum Gasteiger partial charge on any atom is -0.502 e. The maximum Gasteiger partial charge on any atom is 0.288 e. The van der Waals surface area contributed by atoms with Crippen LogP contribution in [0.5, 0.6) is 11.5 Å². The number of benzene rings is 1. The highest BCUT2D eigenvalue weighted by molar-refractivity contribution is 7.81. The molecule has 0 saturated carbocycles. The number of hydrogen-bond acceptors (Lipinski definition) is 5. The zero-order chi connectivity index (χ0) is 19.3. The van der Waals surface area contributed by atoms with Crippen LogP contribution in [0.2, 0.25) is 0 Å². The van der Waals surface area contributed by atoms with Crippen molar-refractivity contribution in [3.05, 3.63) is 78.5 Å². The number of nitrogens with zero attached hydrogens (tertiary/aromatic N) is 1. The molecule has 1 aromatic carbocycles. The largest absolute Gasteiger partial charge is 0.502 e. The van der Waals surface area contributed by atoms with Crippen LogP contribution in [-0.2, 0) is 6.54 Å². The number of aliphatic hydroxyl groups is 1. The van der Waals surface area contributed by atoms with Gasteiger partial charge in [0, 0.05) is 17.7 Å². The molecule has 1 aliphatic rings. The van der Waals surface area contributed by atoms with Gasteiger partial charge in [0.25, 0.3) is 5.70 Å². The minimum atomic E-state index is 0.0325. The number of nitrogens with one attached hydrogen (secondary N) is 1. The lowest BCUT2D eigenvalue weighted by Crippen LogP contribution is -2.40. The van der Waals surface area contributed by atoms with E-state index < -0.39 is 0 Å². The highest BCUT2D eigenvalue weighted by Crippen LogP contribution is 2.33. The zero-order valence-corrected chi connectivity index (χ0v) is 15.8. The summed E-state index contributed by atoms with van der Waals surface area (Å²) in [7, 11) is 0. The Labute approximate surface area is 167 Å². The van der Waals surface area contributed by atoms with Crippen molar-refractivity contribution in [1.82, 2.24) is 5.32 Å². The van der Waals surface area contributed by atoms with Crippen LogP contribution >= 0.6 is 12.2 Å². The normalized spacial score (nSPS) is 13.6. The number of ether oxygens (including phenoxy) is 2. The Balaban J connectivity index is 1.70. The van der Waals surface area contributed by atoms with Crippen LogP contribution < -0.4 is 19.4 Å². The molecule has 3 heterocycles. The van der Waals surface area contributed by atoms with E-state index in [1.54, 1.807) is 29.0 Å². The molecule has 6 nitrogen and oxygen atoms in total. The van der Waals surface area contributed by atoms with Gasteiger partial charge in [0.1, 0.15) is 19.0 Å². The van der Waals surface area contributed by atoms with Gasteiger partial charge in [0.15, 0.2) is 34.6 Å². The average molecular weight is 395 g/mol. The third kappa shape index (κ3) is 3.84. The summed E-state index contributed by atoms with van der Waals surface area (Å²) in [6.45, 7) is 1.40. The first-order valence-electron chi connectivity index (χ1n) is 8.83. The van der Waals surface area contributed by atoms with Gasteiger partial charge < -0.3 is 24.3 Å². The van der Waals surface area contributed by atoms with Crippen molar-refractivity contribution >= 4 is 28.7 Å². The van der Waals surface area contributed by atoms with Gasteiger partial charge in [-0.15, -0.1) is 0 Å². The number of pyridine rings is 1. The lowest BCUT2D eigenvalue weighted by atomic mass is 10.1. The molecule has 142 valence electrons. The fourth-order valence-corrected chi connectivity index (χ4v) is 3.16. The van der Waals surface area contributed by atoms with Gasteiger partial charge in [0.2, 0.25) is 0 Å². The number of aliphatic hydroxyl groups excluding tert-OH is 1. The van der Waals surface area contributed by atoms with E-state index in [2.05, 4.69) is 5.32 Å². The molecule has 0 radical (unpaired) electrons. The Morgan fingerprint density at radius 2 is 1.82 bits per heavy atom. The second-order valence-electron chi connectivity index (χ2n) is 6.10. The highest BCUT2D eigenvalue weighted by atomic mass is 32.1. The number of furan rings is 1. The first-order chi connectivity index (χ1) is 13.7. The van der Waals surface area contributed by atoms with Gasteiger partial charge in [-0.1, -0.05) is 18.3 Å². The predicted octanol–water partition coefficient (Wildman–Crippen LogP) is 3.34. The predicted molar refractivity (Wildman–Crippen MR) is 108 cm³/mol. The van der Waals surface area contributed by atoms with E-state index in [4.69, 9.17) is 26.1 Å². The molecule has 0 unspecified atom stereocenters. The molecule has 0 saturated heterocycles. The molecular formula is C21H19N2O4S+. The number of thiocarbonyl (C=S) groups is 1. The molecule has 28 heavy (non-hydrogen) atoms. The summed E-state index contributed by atoms with van der Waals surface area (Å²) >= 11 is 5.58. The van der Waals surface area contributed by atoms with Gasteiger partial charge in [-0.2, -0.15) is 4.57 Å². The molecular weight excluding hydrogens is 376 g/mol. The molecule has 0 fully saturated rings. The van der Waals surface area contributed by atoms with Crippen molar-refractivity contribution in [3.63, 3.8) is 0 Å². The number of fused-ring (bicyclic) bond motifs is 1. The number of aromatic nitrogens is 1. The molecule has 0 spiro atoms. The van der Waals surface area contributed by atoms with Crippen LogP contribution in [0.15, 0.2) is 71.6 Å². The molecule has 2 aromatic heterocycles. The molecule has 4 rings (SSSR count). The van der Waals surface area contributed by atoms with Gasteiger partial charge in [0.05, 0.1) is 12.8 Å². The molecule has 0 aliphatic carbocycles. The van der Waals surface area contributed by atoms with Crippen molar-refractivity contribution in [1.29, 1.82) is 0 Å². The molecule has 0 amide bonds. The summed E-state index contributed by atoms with van der Waals surface area (Å²) in [6.07, 6.45) is 5.25. The Morgan fingerprint density at radius 1 is 1.04 bits per heavy atom. The molecule has 7 heteroatoms. The van der Waals surface area contributed by atoms with Crippen LogP contribution in [-0.4, -0.2) is 23.3 Å². The molecule has 0 bridgehead atoms. The maximum atomic E-state index is 11.1. The van der Waals surface area contributed by atoms with Crippen molar-refractivity contribution in [3.8, 4) is 11.5 Å². The summed E-state index contributed by atoms with van der Waals surface area (Å²) in [5.74, 6) is 2.04. The van der Waals surface area contributed by atoms with E-state index in [1.807, 2.05) is 42.7 Å². The van der Waals surface area contributed by atoms with E-state index in [1.165, 1.54) is 0 Å². The zero-order valence-electron chi connectivity index (χ0n) is 15.0. The van der Waals surface area contributed by atoms with Gasteiger partial charge in [-0.05, 0) is 30.3 Å². The van der Waals surface area contributed by atoms with E-state index in [0.717, 1.165) is 5.76 Å². The number of rotatable bonds is 5. The van der Waals surface area contributed by atoms with E-state index in [9.17, 15) is 5.11 Å². The summed E-state index contributed by atoms with van der Waals surface area (Å²) in [5.41, 5.74) is 1.04. The second-order valence-corrected chi connectivity index (χ2v) is 6.51. The quantitative estimate of drug-likeness (QED) is 0.299. The summed E-state index contributed by atoms with van der Waals surface area (Å²) < 4.78 is 18.3. The summed E-state index contributed by atoms with van der Waals surface area (Å²) in [6, 6.07) is 14.6. The Kier molecular flexibility index (Phi) is 5.25. The van der Waals surface area contributed by atoms with Crippen LogP contribution in [0.25, 0.3) is 11.5 Å². The highest BCUT2D eigenvalue weighted by Gasteiger charge is 2.24. The van der Waals surface area contributed by atoms with Gasteiger partial charge in [-0.25, -0.2) is 0 Å². The Hall–Kier alpha value is -3.32. The lowest BCUT2D eigenvalue weighted by molar-refractivity contribution is -0.576. The first-order valence-corrected chi connectivity index (χ1v) is 9.24. The summed E-state index contributed by atoms with van der Waals surface area (Å²) in [4.78, 5) is 0.389. The SMILES string of the molecule is OC(=C(C(=S)NCc1ccco1)[n+]1ccccc1)c1ccc2c(c1)OCCO2. The van der Waals surface area contributed by atoms with Crippen molar-refractivity contribution < 1.29 is 23.6 Å². The number of hydrogen-bond donors (Lipinski definition) is 2. The Bertz CT molecular complexity index is 1000. The maximum absolute atomic E-state index is 11.1. The minimum absolute atomic E-state index is 0.0325. The van der Waals surface area contributed by atoms with Crippen LogP contribution in [0.3, 0.4) is 0 Å². The second kappa shape index (κ2) is 8.14. The first kappa shape index (κ1) is 18.1. The molecule has 2 N–H and O–H groups in total. The van der Waals surface area contributed by atoms with Crippen molar-refractivity contribution in [2.75, 3.05) is 13.2 Å². The van der Waals surface area contributed by atoms with Crippen molar-refractivity contribution in [2.24, 2.45) is 0 Å². The van der Waals surface area contributed by atoms with Crippen molar-refractivity contribution in [2.45, 2.75) is 6.54 Å². The lowest BCUT2D eigenvalue weighted by Gasteiger charge is -2.18. The molecule has 3 aromatic rings. The molecule has 0 atom stereocenters. The van der Waals surface area contributed by atoms with Crippen LogP contribution in [0, 0.1) is 0 Å². The fraction of sp³-hybridized carbons (Fsp3) is 0.143. The van der Waals surface area contributed by atoms with E-state index in [-0.39, 0.29) is 5.76 Å². The van der Waals surface area contributed by atoms with Gasteiger partial charge >= 0.3 is 0 Å². The van der Waals surface area contributed by atoms with E-state index in [0.29, 0.717) is 47.5 Å². The third-order valence-electron chi connectivity index (χ3n) is 4.23. The third-order valence-corrected chi connectivity index (χ3v) is 4.57. The van der Waals surface area contributed by atoms with Gasteiger partial charge in [-0.3, -0.25) is 0 Å². The Morgan fingerprint density at radius 3 is 2.57 bits per heavy atom. The summed E-state index contributed by atoms with van der Waals surface area (Å²) in [5, 5.41) is 14.2. The molecule has 1 aliphatic heterocycles. The standard InChI is InChI=1S/C21H18N2O4S/c24-20(15-6-7-17-18(13-15)27-12-11-26-17)19(23-8-2-1-3-9-23)21(28)22-14-16-5-4-10-25-16/h1-10,13H,11-12,14H2,(H-,22,24,28)/p+1. The van der Waals surface area contributed by atoms with Crippen LogP contribution in [0.1, 0.15) is 11.3 Å².